The van der Waals surface area contributed by atoms with Crippen molar-refractivity contribution in [2.45, 2.75) is 13.5 Å². The smallest absolute Gasteiger partial charge is 0.251 e. The normalized spacial score (nSPS) is 9.85. The third-order valence-electron chi connectivity index (χ3n) is 2.78. The van der Waals surface area contributed by atoms with Crippen LogP contribution in [0.1, 0.15) is 27.2 Å². The molecule has 0 saturated carbocycles. The lowest BCUT2D eigenvalue weighted by Crippen LogP contribution is -2.23. The Bertz CT molecular complexity index is 692. The summed E-state index contributed by atoms with van der Waals surface area (Å²) in [6.07, 6.45) is 1.55. The number of hydrogen-bond donors (Lipinski definition) is 1. The average molecular weight is 269 g/mol. The predicted octanol–water partition coefficient (Wildman–Crippen LogP) is 2.33. The topological polar surface area (TPSA) is 65.8 Å². The minimum absolute atomic E-state index is 0.0672. The highest BCUT2D eigenvalue weighted by Gasteiger charge is 2.08. The molecule has 1 aromatic heterocycles. The minimum atomic E-state index is -0.504. The zero-order valence-corrected chi connectivity index (χ0v) is 10.9. The second-order valence-electron chi connectivity index (χ2n) is 4.29. The number of aromatic nitrogens is 1. The number of nitriles is 1. The fourth-order valence-electron chi connectivity index (χ4n) is 1.72. The van der Waals surface area contributed by atoms with Gasteiger partial charge in [0.1, 0.15) is 5.82 Å². The van der Waals surface area contributed by atoms with E-state index in [4.69, 9.17) is 5.26 Å². The molecule has 4 nitrogen and oxygen atoms in total. The summed E-state index contributed by atoms with van der Waals surface area (Å²) in [5, 5.41) is 11.3. The van der Waals surface area contributed by atoms with Gasteiger partial charge in [-0.2, -0.15) is 5.26 Å². The second-order valence-corrected chi connectivity index (χ2v) is 4.29. The van der Waals surface area contributed by atoms with E-state index in [1.165, 1.54) is 12.1 Å². The molecule has 0 atom stereocenters. The van der Waals surface area contributed by atoms with Gasteiger partial charge in [0.15, 0.2) is 0 Å². The molecule has 0 unspecified atom stereocenters. The molecule has 2 aromatic rings. The quantitative estimate of drug-likeness (QED) is 0.930. The molecule has 1 aromatic carbocycles. The van der Waals surface area contributed by atoms with Gasteiger partial charge in [-0.15, -0.1) is 0 Å². The van der Waals surface area contributed by atoms with Crippen LogP contribution in [0.15, 0.2) is 36.5 Å². The molecule has 0 fully saturated rings. The van der Waals surface area contributed by atoms with Crippen LogP contribution in [0.5, 0.6) is 0 Å². The van der Waals surface area contributed by atoms with Gasteiger partial charge >= 0.3 is 0 Å². The van der Waals surface area contributed by atoms with Crippen LogP contribution in [0, 0.1) is 24.1 Å². The van der Waals surface area contributed by atoms with Crippen molar-refractivity contribution in [1.82, 2.24) is 10.3 Å². The number of benzene rings is 1. The molecule has 2 rings (SSSR count). The SMILES string of the molecule is Cc1cc(C(=O)NCc2ccc(C#N)cc2F)ccn1. The standard InChI is InChI=1S/C15H12FN3O/c1-10-6-12(4-5-18-10)15(20)19-9-13-3-2-11(8-17)7-14(13)16/h2-7H,9H2,1H3,(H,19,20). The minimum Gasteiger partial charge on any atom is -0.348 e. The summed E-state index contributed by atoms with van der Waals surface area (Å²) in [6.45, 7) is 1.86. The second kappa shape index (κ2) is 5.93. The average Bonchev–Trinajstić information content (AvgIpc) is 2.45. The van der Waals surface area contributed by atoms with Gasteiger partial charge in [0.2, 0.25) is 0 Å². The van der Waals surface area contributed by atoms with Gasteiger partial charge in [0.05, 0.1) is 11.6 Å². The van der Waals surface area contributed by atoms with Crippen LogP contribution in [0.3, 0.4) is 0 Å². The molecule has 5 heteroatoms. The van der Waals surface area contributed by atoms with E-state index in [0.29, 0.717) is 11.1 Å². The van der Waals surface area contributed by atoms with Gasteiger partial charge in [-0.25, -0.2) is 4.39 Å². The first-order chi connectivity index (χ1) is 9.60. The van der Waals surface area contributed by atoms with E-state index in [0.717, 1.165) is 11.8 Å². The highest BCUT2D eigenvalue weighted by atomic mass is 19.1. The fraction of sp³-hybridized carbons (Fsp3) is 0.133. The number of halogens is 1. The highest BCUT2D eigenvalue weighted by Crippen LogP contribution is 2.10. The maximum atomic E-state index is 13.6. The van der Waals surface area contributed by atoms with Crippen molar-refractivity contribution >= 4 is 5.91 Å². The molecule has 20 heavy (non-hydrogen) atoms. The summed E-state index contributed by atoms with van der Waals surface area (Å²) >= 11 is 0. The number of rotatable bonds is 3. The number of nitrogens with zero attached hydrogens (tertiary/aromatic N) is 2. The number of hydrogen-bond acceptors (Lipinski definition) is 3. The zero-order chi connectivity index (χ0) is 14.5. The monoisotopic (exact) mass is 269 g/mol. The molecular formula is C15H12FN3O. The van der Waals surface area contributed by atoms with E-state index < -0.39 is 5.82 Å². The van der Waals surface area contributed by atoms with Gasteiger partial charge in [0, 0.05) is 29.6 Å². The summed E-state index contributed by atoms with van der Waals surface area (Å²) in [5.41, 5.74) is 1.80. The Labute approximate surface area is 115 Å². The molecule has 100 valence electrons. The number of pyridine rings is 1. The Morgan fingerprint density at radius 1 is 1.40 bits per heavy atom. The number of carbonyl (C=O) groups is 1. The van der Waals surface area contributed by atoms with Crippen LogP contribution in [-0.2, 0) is 6.54 Å². The van der Waals surface area contributed by atoms with Gasteiger partial charge in [-0.1, -0.05) is 6.07 Å². The Kier molecular flexibility index (Phi) is 4.06. The Hall–Kier alpha value is -2.74. The Morgan fingerprint density at radius 3 is 2.85 bits per heavy atom. The summed E-state index contributed by atoms with van der Waals surface area (Å²) in [6, 6.07) is 9.27. The van der Waals surface area contributed by atoms with Crippen molar-refractivity contribution in [3.8, 4) is 6.07 Å². The van der Waals surface area contributed by atoms with E-state index in [1.807, 2.05) is 6.07 Å². The zero-order valence-electron chi connectivity index (χ0n) is 10.9. The lowest BCUT2D eigenvalue weighted by molar-refractivity contribution is 0.0950. The maximum absolute atomic E-state index is 13.6. The van der Waals surface area contributed by atoms with Gasteiger partial charge in [0.25, 0.3) is 5.91 Å². The highest BCUT2D eigenvalue weighted by molar-refractivity contribution is 5.94. The van der Waals surface area contributed by atoms with Crippen LogP contribution < -0.4 is 5.32 Å². The van der Waals surface area contributed by atoms with Gasteiger partial charge in [-0.05, 0) is 31.2 Å². The summed E-state index contributed by atoms with van der Waals surface area (Å²) in [7, 11) is 0. The molecule has 1 heterocycles. The summed E-state index contributed by atoms with van der Waals surface area (Å²) < 4.78 is 13.6. The summed E-state index contributed by atoms with van der Waals surface area (Å²) in [4.78, 5) is 15.9. The van der Waals surface area contributed by atoms with Gasteiger partial charge in [-0.3, -0.25) is 9.78 Å². The van der Waals surface area contributed by atoms with Crippen molar-refractivity contribution in [3.05, 3.63) is 64.7 Å². The van der Waals surface area contributed by atoms with Crippen LogP contribution >= 0.6 is 0 Å². The molecular weight excluding hydrogens is 257 g/mol. The summed E-state index contributed by atoms with van der Waals surface area (Å²) in [5.74, 6) is -0.797. The first-order valence-electron chi connectivity index (χ1n) is 5.99. The largest absolute Gasteiger partial charge is 0.348 e. The van der Waals surface area contributed by atoms with Crippen LogP contribution in [0.25, 0.3) is 0 Å². The van der Waals surface area contributed by atoms with Crippen molar-refractivity contribution < 1.29 is 9.18 Å². The van der Waals surface area contributed by atoms with Crippen molar-refractivity contribution in [2.75, 3.05) is 0 Å². The molecule has 0 aliphatic carbocycles. The predicted molar refractivity (Wildman–Crippen MR) is 71.3 cm³/mol. The molecule has 0 spiro atoms. The van der Waals surface area contributed by atoms with E-state index in [2.05, 4.69) is 10.3 Å². The van der Waals surface area contributed by atoms with Crippen LogP contribution in [0.2, 0.25) is 0 Å². The van der Waals surface area contributed by atoms with E-state index in [-0.39, 0.29) is 18.0 Å². The molecule has 0 aliphatic heterocycles. The number of amides is 1. The lowest BCUT2D eigenvalue weighted by atomic mass is 10.1. The first kappa shape index (κ1) is 13.7. The molecule has 0 bridgehead atoms. The first-order valence-corrected chi connectivity index (χ1v) is 5.99. The molecule has 0 saturated heterocycles. The number of nitrogens with one attached hydrogen (secondary N) is 1. The Balaban J connectivity index is 2.06. The van der Waals surface area contributed by atoms with E-state index in [1.54, 1.807) is 25.3 Å². The van der Waals surface area contributed by atoms with Crippen molar-refractivity contribution in [2.24, 2.45) is 0 Å². The number of carbonyl (C=O) groups excluding carboxylic acids is 1. The maximum Gasteiger partial charge on any atom is 0.251 e. The van der Waals surface area contributed by atoms with Crippen LogP contribution in [0.4, 0.5) is 4.39 Å². The molecule has 1 amide bonds. The van der Waals surface area contributed by atoms with Crippen molar-refractivity contribution in [1.29, 1.82) is 5.26 Å². The van der Waals surface area contributed by atoms with Crippen LogP contribution in [-0.4, -0.2) is 10.9 Å². The van der Waals surface area contributed by atoms with E-state index >= 15 is 0 Å². The molecule has 1 N–H and O–H groups in total. The van der Waals surface area contributed by atoms with E-state index in [9.17, 15) is 9.18 Å². The third-order valence-corrected chi connectivity index (χ3v) is 2.78. The third kappa shape index (κ3) is 3.18. The number of aryl methyl sites for hydroxylation is 1. The fourth-order valence-corrected chi connectivity index (χ4v) is 1.72. The van der Waals surface area contributed by atoms with Crippen molar-refractivity contribution in [3.63, 3.8) is 0 Å². The van der Waals surface area contributed by atoms with Gasteiger partial charge < -0.3 is 5.32 Å². The Morgan fingerprint density at radius 2 is 2.20 bits per heavy atom. The molecule has 0 radical (unpaired) electrons. The lowest BCUT2D eigenvalue weighted by Gasteiger charge is -2.07. The molecule has 0 aliphatic rings.